The van der Waals surface area contributed by atoms with Gasteiger partial charge in [0.15, 0.2) is 0 Å². The molecule has 0 radical (unpaired) electrons. The van der Waals surface area contributed by atoms with Crippen LogP contribution in [0.25, 0.3) is 0 Å². The molecule has 1 fully saturated rings. The highest BCUT2D eigenvalue weighted by atomic mass is 16.5. The van der Waals surface area contributed by atoms with Crippen LogP contribution < -0.4 is 5.32 Å². The highest BCUT2D eigenvalue weighted by Crippen LogP contribution is 2.20. The number of aliphatic hydroxyl groups excluding tert-OH is 1. The summed E-state index contributed by atoms with van der Waals surface area (Å²) in [5.41, 5.74) is 2.19. The molecule has 2 N–H and O–H groups in total. The molecule has 2 rings (SSSR count). The zero-order chi connectivity index (χ0) is 16.7. The molecule has 1 saturated heterocycles. The summed E-state index contributed by atoms with van der Waals surface area (Å²) in [6, 6.07) is 8.38. The summed E-state index contributed by atoms with van der Waals surface area (Å²) in [6.07, 6.45) is 2.60. The summed E-state index contributed by atoms with van der Waals surface area (Å²) in [5, 5.41) is 12.5. The normalized spacial score (nSPS) is 19.7. The van der Waals surface area contributed by atoms with Crippen LogP contribution in [-0.2, 0) is 22.7 Å². The first-order valence-electron chi connectivity index (χ1n) is 8.34. The first-order chi connectivity index (χ1) is 11.1. The maximum atomic E-state index is 12.2. The van der Waals surface area contributed by atoms with E-state index in [1.807, 2.05) is 25.1 Å². The second kappa shape index (κ2) is 9.01. The molecule has 0 saturated carbocycles. The van der Waals surface area contributed by atoms with E-state index in [0.29, 0.717) is 25.7 Å². The van der Waals surface area contributed by atoms with E-state index in [0.717, 1.165) is 36.9 Å². The van der Waals surface area contributed by atoms with E-state index in [2.05, 4.69) is 16.3 Å². The molecule has 0 bridgehead atoms. The van der Waals surface area contributed by atoms with Crippen LogP contribution in [0.5, 0.6) is 0 Å². The number of carbonyl (C=O) groups excluding carboxylic acids is 1. The quantitative estimate of drug-likeness (QED) is 0.765. The molecule has 0 aromatic heterocycles. The summed E-state index contributed by atoms with van der Waals surface area (Å²) in [7, 11) is 1.67. The Bertz CT molecular complexity index is 505. The van der Waals surface area contributed by atoms with Gasteiger partial charge in [0.05, 0.1) is 19.3 Å². The highest BCUT2D eigenvalue weighted by Gasteiger charge is 2.26. The molecule has 2 unspecified atom stereocenters. The molecule has 1 aromatic rings. The second-order valence-corrected chi connectivity index (χ2v) is 6.38. The number of hydrogen-bond donors (Lipinski definition) is 2. The third-order valence-corrected chi connectivity index (χ3v) is 4.25. The Hall–Kier alpha value is -1.43. The number of hydrogen-bond acceptors (Lipinski definition) is 4. The Labute approximate surface area is 138 Å². The van der Waals surface area contributed by atoms with Gasteiger partial charge in [-0.25, -0.2) is 0 Å². The number of nitrogens with one attached hydrogen (secondary N) is 1. The maximum Gasteiger partial charge on any atom is 0.234 e. The van der Waals surface area contributed by atoms with Gasteiger partial charge < -0.3 is 15.2 Å². The van der Waals surface area contributed by atoms with Crippen molar-refractivity contribution in [3.63, 3.8) is 0 Å². The van der Waals surface area contributed by atoms with E-state index in [1.165, 1.54) is 0 Å². The highest BCUT2D eigenvalue weighted by molar-refractivity contribution is 5.78. The molecule has 1 heterocycles. The van der Waals surface area contributed by atoms with E-state index in [-0.39, 0.29) is 12.0 Å². The molecule has 5 heteroatoms. The van der Waals surface area contributed by atoms with Crippen LogP contribution in [0, 0.1) is 0 Å². The average molecular weight is 320 g/mol. The fourth-order valence-electron chi connectivity index (χ4n) is 3.20. The monoisotopic (exact) mass is 320 g/mol. The molecule has 1 aliphatic rings. The predicted molar refractivity (Wildman–Crippen MR) is 89.9 cm³/mol. The molecular formula is C18H28N2O3. The molecule has 128 valence electrons. The lowest BCUT2D eigenvalue weighted by molar-refractivity contribution is -0.122. The molecule has 1 amide bonds. The fourth-order valence-corrected chi connectivity index (χ4v) is 3.20. The maximum absolute atomic E-state index is 12.2. The second-order valence-electron chi connectivity index (χ2n) is 6.38. The molecule has 2 atom stereocenters. The average Bonchev–Trinajstić information content (AvgIpc) is 2.92. The van der Waals surface area contributed by atoms with E-state index in [4.69, 9.17) is 4.74 Å². The Morgan fingerprint density at radius 2 is 2.26 bits per heavy atom. The molecule has 1 aromatic carbocycles. The third kappa shape index (κ3) is 5.94. The third-order valence-electron chi connectivity index (χ3n) is 4.25. The van der Waals surface area contributed by atoms with Gasteiger partial charge in [-0.15, -0.1) is 0 Å². The summed E-state index contributed by atoms with van der Waals surface area (Å²) in [6.45, 7) is 4.27. The first kappa shape index (κ1) is 17.9. The Morgan fingerprint density at radius 1 is 1.48 bits per heavy atom. The zero-order valence-corrected chi connectivity index (χ0v) is 14.1. The number of methoxy groups -OCH3 is 1. The van der Waals surface area contributed by atoms with Crippen LogP contribution in [0.4, 0.5) is 0 Å². The summed E-state index contributed by atoms with van der Waals surface area (Å²) in [5.74, 6) is 0.0413. The number of nitrogens with zero attached hydrogens (tertiary/aromatic N) is 1. The van der Waals surface area contributed by atoms with Crippen LogP contribution in [0.2, 0.25) is 0 Å². The Kier molecular flexibility index (Phi) is 7.02. The number of amides is 1. The lowest BCUT2D eigenvalue weighted by Gasteiger charge is -2.24. The van der Waals surface area contributed by atoms with Crippen molar-refractivity contribution in [1.82, 2.24) is 10.2 Å². The lowest BCUT2D eigenvalue weighted by atomic mass is 10.1. The predicted octanol–water partition coefficient (Wildman–Crippen LogP) is 1.68. The van der Waals surface area contributed by atoms with Gasteiger partial charge >= 0.3 is 0 Å². The van der Waals surface area contributed by atoms with Crippen molar-refractivity contribution in [2.45, 2.75) is 51.5 Å². The molecule has 23 heavy (non-hydrogen) atoms. The van der Waals surface area contributed by atoms with E-state index < -0.39 is 0 Å². The van der Waals surface area contributed by atoms with Crippen molar-refractivity contribution in [3.8, 4) is 0 Å². The van der Waals surface area contributed by atoms with Crippen LogP contribution in [-0.4, -0.2) is 48.3 Å². The van der Waals surface area contributed by atoms with Gasteiger partial charge in [-0.3, -0.25) is 9.69 Å². The number of ether oxygens (including phenoxy) is 1. The van der Waals surface area contributed by atoms with Crippen molar-refractivity contribution in [1.29, 1.82) is 0 Å². The number of aliphatic hydroxyl groups is 1. The SMILES string of the molecule is COCc1cccc(CNC(=O)CN2CCCC2CC(C)O)c1. The molecule has 1 aliphatic heterocycles. The number of rotatable bonds is 8. The van der Waals surface area contributed by atoms with Crippen LogP contribution in [0.15, 0.2) is 24.3 Å². The largest absolute Gasteiger partial charge is 0.393 e. The van der Waals surface area contributed by atoms with Gasteiger partial charge in [-0.1, -0.05) is 24.3 Å². The summed E-state index contributed by atoms with van der Waals surface area (Å²) in [4.78, 5) is 14.4. The van der Waals surface area contributed by atoms with Crippen LogP contribution >= 0.6 is 0 Å². The van der Waals surface area contributed by atoms with Gasteiger partial charge in [0.25, 0.3) is 0 Å². The number of likely N-dealkylation sites (tertiary alicyclic amines) is 1. The minimum absolute atomic E-state index is 0.0413. The zero-order valence-electron chi connectivity index (χ0n) is 14.1. The van der Waals surface area contributed by atoms with Gasteiger partial charge in [0.1, 0.15) is 0 Å². The lowest BCUT2D eigenvalue weighted by Crippen LogP contribution is -2.40. The summed E-state index contributed by atoms with van der Waals surface area (Å²) >= 11 is 0. The Morgan fingerprint density at radius 3 is 3.00 bits per heavy atom. The summed E-state index contributed by atoms with van der Waals surface area (Å²) < 4.78 is 5.13. The van der Waals surface area contributed by atoms with E-state index in [1.54, 1.807) is 7.11 Å². The first-order valence-corrected chi connectivity index (χ1v) is 8.34. The molecule has 5 nitrogen and oxygen atoms in total. The molecular weight excluding hydrogens is 292 g/mol. The fraction of sp³-hybridized carbons (Fsp3) is 0.611. The van der Waals surface area contributed by atoms with Crippen molar-refractivity contribution >= 4 is 5.91 Å². The van der Waals surface area contributed by atoms with Crippen LogP contribution in [0.3, 0.4) is 0 Å². The smallest absolute Gasteiger partial charge is 0.234 e. The Balaban J connectivity index is 1.79. The number of benzene rings is 1. The van der Waals surface area contributed by atoms with Crippen molar-refractivity contribution in [2.75, 3.05) is 20.2 Å². The number of carbonyl (C=O) groups is 1. The molecule has 0 aliphatic carbocycles. The topological polar surface area (TPSA) is 61.8 Å². The van der Waals surface area contributed by atoms with Crippen molar-refractivity contribution in [3.05, 3.63) is 35.4 Å². The standard InChI is InChI=1S/C18H28N2O3/c1-14(21)9-17-7-4-8-20(17)12-18(22)19-11-15-5-3-6-16(10-15)13-23-2/h3,5-6,10,14,17,21H,4,7-9,11-13H2,1-2H3,(H,19,22). The van der Waals surface area contributed by atoms with Gasteiger partial charge in [-0.05, 0) is 43.9 Å². The minimum Gasteiger partial charge on any atom is -0.393 e. The van der Waals surface area contributed by atoms with Crippen molar-refractivity contribution < 1.29 is 14.6 Å². The molecule has 0 spiro atoms. The van der Waals surface area contributed by atoms with Crippen LogP contribution in [0.1, 0.15) is 37.3 Å². The van der Waals surface area contributed by atoms with Gasteiger partial charge in [-0.2, -0.15) is 0 Å². The van der Waals surface area contributed by atoms with Gasteiger partial charge in [0.2, 0.25) is 5.91 Å². The van der Waals surface area contributed by atoms with Gasteiger partial charge in [0, 0.05) is 19.7 Å². The van der Waals surface area contributed by atoms with E-state index in [9.17, 15) is 9.90 Å². The minimum atomic E-state index is -0.313. The van der Waals surface area contributed by atoms with E-state index >= 15 is 0 Å². The van der Waals surface area contributed by atoms with Crippen molar-refractivity contribution in [2.24, 2.45) is 0 Å².